The van der Waals surface area contributed by atoms with Crippen LogP contribution in [0.5, 0.6) is 0 Å². The number of halogens is 1. The van der Waals surface area contributed by atoms with Gasteiger partial charge >= 0.3 is 0 Å². The Balaban J connectivity index is 1.78. The van der Waals surface area contributed by atoms with E-state index in [1.807, 2.05) is 13.0 Å². The molecule has 0 fully saturated rings. The molecule has 0 aliphatic heterocycles. The minimum atomic E-state index is -0.425. The van der Waals surface area contributed by atoms with Gasteiger partial charge in [-0.15, -0.1) is 0 Å². The van der Waals surface area contributed by atoms with Gasteiger partial charge in [-0.3, -0.25) is 9.89 Å². The molecule has 2 N–H and O–H groups in total. The van der Waals surface area contributed by atoms with Gasteiger partial charge in [0.25, 0.3) is 5.91 Å². The molecule has 0 spiro atoms. The molecule has 1 amide bonds. The first kappa shape index (κ1) is 13.1. The van der Waals surface area contributed by atoms with E-state index >= 15 is 0 Å². The second-order valence-electron chi connectivity index (χ2n) is 4.54. The molecule has 2 aromatic heterocycles. The van der Waals surface area contributed by atoms with Crippen LogP contribution < -0.4 is 5.32 Å². The van der Waals surface area contributed by atoms with Crippen LogP contribution in [0.2, 0.25) is 0 Å². The highest BCUT2D eigenvalue weighted by molar-refractivity contribution is 6.03. The Labute approximate surface area is 119 Å². The lowest BCUT2D eigenvalue weighted by Crippen LogP contribution is -2.12. The van der Waals surface area contributed by atoms with E-state index in [1.54, 1.807) is 18.2 Å². The zero-order valence-corrected chi connectivity index (χ0v) is 11.2. The van der Waals surface area contributed by atoms with Crippen LogP contribution >= 0.6 is 0 Å². The largest absolute Gasteiger partial charge is 0.460 e. The summed E-state index contributed by atoms with van der Waals surface area (Å²) in [7, 11) is 0. The Hall–Kier alpha value is -2.89. The lowest BCUT2D eigenvalue weighted by atomic mass is 10.2. The number of anilines is 1. The second kappa shape index (κ2) is 5.24. The first-order valence-electron chi connectivity index (χ1n) is 6.31. The highest BCUT2D eigenvalue weighted by Gasteiger charge is 2.13. The standard InChI is InChI=1S/C15H12FN3O2/c1-9-5-6-14(21-9)12-8-13(19-18-12)15(20)17-11-4-2-3-10(16)7-11/h2-8H,1H3,(H,17,20)(H,18,19). The molecule has 0 aliphatic carbocycles. The van der Waals surface area contributed by atoms with E-state index in [-0.39, 0.29) is 5.69 Å². The lowest BCUT2D eigenvalue weighted by Gasteiger charge is -2.02. The maximum atomic E-state index is 13.1. The number of carbonyl (C=O) groups excluding carboxylic acids is 1. The fraction of sp³-hybridized carbons (Fsp3) is 0.0667. The quantitative estimate of drug-likeness (QED) is 0.775. The van der Waals surface area contributed by atoms with Gasteiger partial charge in [0.05, 0.1) is 0 Å². The summed E-state index contributed by atoms with van der Waals surface area (Å²) >= 11 is 0. The average Bonchev–Trinajstić information content (AvgIpc) is 3.07. The Morgan fingerprint density at radius 2 is 2.14 bits per heavy atom. The summed E-state index contributed by atoms with van der Waals surface area (Å²) in [6.07, 6.45) is 0. The molecule has 0 bridgehead atoms. The highest BCUT2D eigenvalue weighted by Crippen LogP contribution is 2.20. The maximum Gasteiger partial charge on any atom is 0.276 e. The van der Waals surface area contributed by atoms with Gasteiger partial charge in [0.15, 0.2) is 11.5 Å². The van der Waals surface area contributed by atoms with Crippen LogP contribution in [0.1, 0.15) is 16.2 Å². The van der Waals surface area contributed by atoms with E-state index in [2.05, 4.69) is 15.5 Å². The van der Waals surface area contributed by atoms with Crippen molar-refractivity contribution in [3.8, 4) is 11.5 Å². The first-order chi connectivity index (χ1) is 10.1. The Morgan fingerprint density at radius 3 is 2.86 bits per heavy atom. The third-order valence-corrected chi connectivity index (χ3v) is 2.90. The molecule has 0 saturated heterocycles. The molecule has 3 rings (SSSR count). The zero-order chi connectivity index (χ0) is 14.8. The van der Waals surface area contributed by atoms with Crippen molar-refractivity contribution < 1.29 is 13.6 Å². The predicted octanol–water partition coefficient (Wildman–Crippen LogP) is 3.37. The SMILES string of the molecule is Cc1ccc(-c2cc(C(=O)Nc3cccc(F)c3)n[nH]2)o1. The number of aromatic amines is 1. The van der Waals surface area contributed by atoms with Gasteiger partial charge in [0, 0.05) is 11.8 Å². The molecule has 3 aromatic rings. The highest BCUT2D eigenvalue weighted by atomic mass is 19.1. The van der Waals surface area contributed by atoms with Gasteiger partial charge in [-0.25, -0.2) is 4.39 Å². The summed E-state index contributed by atoms with van der Waals surface area (Å²) in [6, 6.07) is 10.9. The molecule has 5 nitrogen and oxygen atoms in total. The van der Waals surface area contributed by atoms with Crippen molar-refractivity contribution in [1.82, 2.24) is 10.2 Å². The monoisotopic (exact) mass is 285 g/mol. The molecule has 0 radical (unpaired) electrons. The Morgan fingerprint density at radius 1 is 1.29 bits per heavy atom. The van der Waals surface area contributed by atoms with E-state index in [0.717, 1.165) is 5.76 Å². The van der Waals surface area contributed by atoms with E-state index in [4.69, 9.17) is 4.42 Å². The summed E-state index contributed by atoms with van der Waals surface area (Å²) in [5.74, 6) is 0.531. The molecule has 0 unspecified atom stereocenters. The maximum absolute atomic E-state index is 13.1. The fourth-order valence-corrected chi connectivity index (χ4v) is 1.90. The molecule has 1 aromatic carbocycles. The van der Waals surface area contributed by atoms with Gasteiger partial charge in [-0.1, -0.05) is 6.07 Å². The van der Waals surface area contributed by atoms with Crippen molar-refractivity contribution in [3.05, 3.63) is 59.7 Å². The lowest BCUT2D eigenvalue weighted by molar-refractivity contribution is 0.102. The van der Waals surface area contributed by atoms with Crippen molar-refractivity contribution in [3.63, 3.8) is 0 Å². The molecular weight excluding hydrogens is 273 g/mol. The number of rotatable bonds is 3. The third-order valence-electron chi connectivity index (χ3n) is 2.90. The molecule has 0 saturated carbocycles. The molecule has 106 valence electrons. The topological polar surface area (TPSA) is 70.9 Å². The number of hydrogen-bond donors (Lipinski definition) is 2. The summed E-state index contributed by atoms with van der Waals surface area (Å²) in [5.41, 5.74) is 1.18. The van der Waals surface area contributed by atoms with Crippen molar-refractivity contribution >= 4 is 11.6 Å². The minimum absolute atomic E-state index is 0.198. The third kappa shape index (κ3) is 2.84. The zero-order valence-electron chi connectivity index (χ0n) is 11.2. The number of benzene rings is 1. The van der Waals surface area contributed by atoms with Crippen LogP contribution in [-0.2, 0) is 0 Å². The van der Waals surface area contributed by atoms with Crippen LogP contribution in [0.4, 0.5) is 10.1 Å². The predicted molar refractivity (Wildman–Crippen MR) is 75.4 cm³/mol. The van der Waals surface area contributed by atoms with Gasteiger partial charge < -0.3 is 9.73 Å². The second-order valence-corrected chi connectivity index (χ2v) is 4.54. The fourth-order valence-electron chi connectivity index (χ4n) is 1.90. The number of nitrogens with zero attached hydrogens (tertiary/aromatic N) is 1. The van der Waals surface area contributed by atoms with Gasteiger partial charge in [0.1, 0.15) is 17.3 Å². The molecule has 21 heavy (non-hydrogen) atoms. The van der Waals surface area contributed by atoms with E-state index in [9.17, 15) is 9.18 Å². The Kier molecular flexibility index (Phi) is 3.27. The van der Waals surface area contributed by atoms with E-state index < -0.39 is 11.7 Å². The van der Waals surface area contributed by atoms with Gasteiger partial charge in [-0.05, 0) is 37.3 Å². The van der Waals surface area contributed by atoms with Crippen molar-refractivity contribution in [1.29, 1.82) is 0 Å². The van der Waals surface area contributed by atoms with Crippen LogP contribution in [-0.4, -0.2) is 16.1 Å². The molecule has 6 heteroatoms. The summed E-state index contributed by atoms with van der Waals surface area (Å²) in [4.78, 5) is 12.0. The Bertz CT molecular complexity index is 792. The molecular formula is C15H12FN3O2. The summed E-state index contributed by atoms with van der Waals surface area (Å²) < 4.78 is 18.5. The van der Waals surface area contributed by atoms with E-state index in [0.29, 0.717) is 17.1 Å². The normalized spacial score (nSPS) is 10.6. The number of aromatic nitrogens is 2. The smallest absolute Gasteiger partial charge is 0.276 e. The number of nitrogens with one attached hydrogen (secondary N) is 2. The van der Waals surface area contributed by atoms with Crippen molar-refractivity contribution in [2.75, 3.05) is 5.32 Å². The number of furan rings is 1. The van der Waals surface area contributed by atoms with Crippen LogP contribution in [0.25, 0.3) is 11.5 Å². The summed E-state index contributed by atoms with van der Waals surface area (Å²) in [6.45, 7) is 1.83. The van der Waals surface area contributed by atoms with Crippen LogP contribution in [0.15, 0.2) is 46.9 Å². The number of hydrogen-bond acceptors (Lipinski definition) is 3. The van der Waals surface area contributed by atoms with Gasteiger partial charge in [0.2, 0.25) is 0 Å². The minimum Gasteiger partial charge on any atom is -0.460 e. The van der Waals surface area contributed by atoms with Crippen LogP contribution in [0, 0.1) is 12.7 Å². The average molecular weight is 285 g/mol. The molecule has 0 aliphatic rings. The number of carbonyl (C=O) groups is 1. The van der Waals surface area contributed by atoms with Crippen molar-refractivity contribution in [2.45, 2.75) is 6.92 Å². The van der Waals surface area contributed by atoms with Gasteiger partial charge in [-0.2, -0.15) is 5.10 Å². The van der Waals surface area contributed by atoms with Crippen molar-refractivity contribution in [2.24, 2.45) is 0 Å². The number of amides is 1. The molecule has 0 atom stereocenters. The number of aryl methyl sites for hydroxylation is 1. The number of H-pyrrole nitrogens is 1. The summed E-state index contributed by atoms with van der Waals surface area (Å²) in [5, 5.41) is 9.24. The van der Waals surface area contributed by atoms with E-state index in [1.165, 1.54) is 18.2 Å². The first-order valence-corrected chi connectivity index (χ1v) is 6.31. The van der Waals surface area contributed by atoms with Crippen LogP contribution in [0.3, 0.4) is 0 Å². The molecule has 2 heterocycles.